The minimum atomic E-state index is 1.00. The number of unbranched alkanes of at least 4 members (excludes halogenated alkanes) is 12. The van der Waals surface area contributed by atoms with Crippen molar-refractivity contribution in [2.75, 3.05) is 0 Å². The Labute approximate surface area is 286 Å². The maximum atomic E-state index is 5.47. The van der Waals surface area contributed by atoms with Gasteiger partial charge >= 0.3 is 0 Å². The maximum absolute atomic E-state index is 5.47. The lowest BCUT2D eigenvalue weighted by Crippen LogP contribution is -2.14. The lowest BCUT2D eigenvalue weighted by atomic mass is 9.96. The van der Waals surface area contributed by atoms with Gasteiger partial charge in [-0.1, -0.05) is 131 Å². The molecule has 0 fully saturated rings. The fourth-order valence-corrected chi connectivity index (χ4v) is 6.48. The summed E-state index contributed by atoms with van der Waals surface area (Å²) in [6, 6.07) is 14.2. The van der Waals surface area contributed by atoms with E-state index in [0.717, 1.165) is 30.6 Å². The van der Waals surface area contributed by atoms with Gasteiger partial charge in [0.1, 0.15) is 0 Å². The van der Waals surface area contributed by atoms with Crippen molar-refractivity contribution in [3.05, 3.63) is 58.7 Å². The SMILES string of the molecule is CCCCCCC(=Nc1ccc(CCCCC)c(CCCCC)c1)C(CCCC)=Nc1ccc(CCCCC)c(CCCCC)c1. The Hall–Kier alpha value is -2.22. The van der Waals surface area contributed by atoms with Gasteiger partial charge in [0.05, 0.1) is 22.8 Å². The van der Waals surface area contributed by atoms with Gasteiger partial charge in [0.25, 0.3) is 0 Å². The Morgan fingerprint density at radius 1 is 0.370 bits per heavy atom. The molecule has 0 heterocycles. The van der Waals surface area contributed by atoms with Crippen LogP contribution < -0.4 is 0 Å². The number of hydrogen-bond acceptors (Lipinski definition) is 2. The van der Waals surface area contributed by atoms with Crippen molar-refractivity contribution >= 4 is 22.8 Å². The molecule has 2 aromatic carbocycles. The lowest BCUT2D eigenvalue weighted by molar-refractivity contribution is 0.683. The van der Waals surface area contributed by atoms with E-state index in [4.69, 9.17) is 9.98 Å². The summed E-state index contributed by atoms with van der Waals surface area (Å²) in [6.45, 7) is 13.8. The Balaban J connectivity index is 2.54. The molecule has 0 radical (unpaired) electrons. The molecule has 2 heteroatoms. The second-order valence-electron chi connectivity index (χ2n) is 13.8. The summed E-state index contributed by atoms with van der Waals surface area (Å²) in [5, 5.41) is 0. The zero-order chi connectivity index (χ0) is 33.2. The van der Waals surface area contributed by atoms with Gasteiger partial charge in [-0.25, -0.2) is 0 Å². The third kappa shape index (κ3) is 16.1. The van der Waals surface area contributed by atoms with Gasteiger partial charge in [0.2, 0.25) is 0 Å². The average molecular weight is 629 g/mol. The second-order valence-corrected chi connectivity index (χ2v) is 13.8. The quantitative estimate of drug-likeness (QED) is 0.0694. The molecule has 0 saturated heterocycles. The molecule has 0 aliphatic carbocycles. The molecule has 0 unspecified atom stereocenters. The number of benzene rings is 2. The van der Waals surface area contributed by atoms with Crippen LogP contribution in [0.5, 0.6) is 0 Å². The highest BCUT2D eigenvalue weighted by atomic mass is 14.8. The lowest BCUT2D eigenvalue weighted by Gasteiger charge is -2.15. The van der Waals surface area contributed by atoms with Gasteiger partial charge < -0.3 is 0 Å². The predicted molar refractivity (Wildman–Crippen MR) is 208 cm³/mol. The topological polar surface area (TPSA) is 24.7 Å². The van der Waals surface area contributed by atoms with Crippen molar-refractivity contribution in [2.24, 2.45) is 9.98 Å². The van der Waals surface area contributed by atoms with Crippen LogP contribution in [0.2, 0.25) is 0 Å². The van der Waals surface area contributed by atoms with E-state index < -0.39 is 0 Å². The number of aryl methyl sites for hydroxylation is 4. The van der Waals surface area contributed by atoms with E-state index in [1.807, 2.05) is 0 Å². The molecular formula is C44H72N2. The van der Waals surface area contributed by atoms with Gasteiger partial charge in [-0.15, -0.1) is 0 Å². The summed E-state index contributed by atoms with van der Waals surface area (Å²) in [5.41, 5.74) is 10.8. The molecule has 0 aliphatic heterocycles. The van der Waals surface area contributed by atoms with Crippen molar-refractivity contribution in [2.45, 2.75) is 196 Å². The summed E-state index contributed by atoms with van der Waals surface area (Å²) in [7, 11) is 0. The summed E-state index contributed by atoms with van der Waals surface area (Å²) in [5.74, 6) is 0. The van der Waals surface area contributed by atoms with E-state index in [1.165, 1.54) is 157 Å². The fourth-order valence-electron chi connectivity index (χ4n) is 6.48. The van der Waals surface area contributed by atoms with E-state index in [-0.39, 0.29) is 0 Å². The second kappa shape index (κ2) is 25.8. The third-order valence-corrected chi connectivity index (χ3v) is 9.47. The normalized spacial score (nSPS) is 12.3. The van der Waals surface area contributed by atoms with Crippen LogP contribution in [-0.2, 0) is 25.7 Å². The van der Waals surface area contributed by atoms with Gasteiger partial charge in [0.15, 0.2) is 0 Å². The minimum Gasteiger partial charge on any atom is -0.252 e. The van der Waals surface area contributed by atoms with Crippen molar-refractivity contribution in [1.82, 2.24) is 0 Å². The van der Waals surface area contributed by atoms with Gasteiger partial charge in [-0.2, -0.15) is 0 Å². The smallest absolute Gasteiger partial charge is 0.0636 e. The molecule has 46 heavy (non-hydrogen) atoms. The van der Waals surface area contributed by atoms with Crippen LogP contribution >= 0.6 is 0 Å². The summed E-state index contributed by atoms with van der Waals surface area (Å²) < 4.78 is 0. The molecule has 258 valence electrons. The molecule has 0 saturated carbocycles. The highest BCUT2D eigenvalue weighted by molar-refractivity contribution is 6.43. The predicted octanol–water partition coefficient (Wildman–Crippen LogP) is 14.6. The molecule has 2 aromatic rings. The molecule has 2 nitrogen and oxygen atoms in total. The Bertz CT molecular complexity index is 1120. The Kier molecular flexibility index (Phi) is 22.4. The Morgan fingerprint density at radius 2 is 0.717 bits per heavy atom. The first-order valence-electron chi connectivity index (χ1n) is 20.0. The molecule has 0 atom stereocenters. The zero-order valence-corrected chi connectivity index (χ0v) is 31.3. The molecule has 0 N–H and O–H groups in total. The van der Waals surface area contributed by atoms with Crippen molar-refractivity contribution < 1.29 is 0 Å². The van der Waals surface area contributed by atoms with Crippen molar-refractivity contribution in [1.29, 1.82) is 0 Å². The maximum Gasteiger partial charge on any atom is 0.0636 e. The number of hydrogen-bond donors (Lipinski definition) is 0. The minimum absolute atomic E-state index is 1.00. The summed E-state index contributed by atoms with van der Waals surface area (Å²) >= 11 is 0. The molecule has 0 aromatic heterocycles. The molecule has 0 amide bonds. The van der Waals surface area contributed by atoms with Gasteiger partial charge in [-0.05, 0) is 124 Å². The van der Waals surface area contributed by atoms with Crippen LogP contribution in [0.15, 0.2) is 46.4 Å². The van der Waals surface area contributed by atoms with Crippen LogP contribution in [0.4, 0.5) is 11.4 Å². The van der Waals surface area contributed by atoms with Crippen LogP contribution in [0, 0.1) is 0 Å². The van der Waals surface area contributed by atoms with Gasteiger partial charge in [0, 0.05) is 0 Å². The van der Waals surface area contributed by atoms with Crippen LogP contribution in [0.25, 0.3) is 0 Å². The van der Waals surface area contributed by atoms with Crippen molar-refractivity contribution in [3.8, 4) is 0 Å². The molecule has 0 spiro atoms. The van der Waals surface area contributed by atoms with Crippen LogP contribution in [0.3, 0.4) is 0 Å². The monoisotopic (exact) mass is 629 g/mol. The van der Waals surface area contributed by atoms with E-state index in [9.17, 15) is 0 Å². The standard InChI is InChI=1S/C44H72N2/c1-7-13-19-24-30-44(46-42-34-32-38(26-21-15-9-3)40(36-42)28-23-17-11-5)43(29-18-12-6)45-41-33-31-37(25-20-14-8-2)39(35-41)27-22-16-10-4/h31-36H,7-30H2,1-6H3. The first kappa shape index (κ1) is 40.0. The van der Waals surface area contributed by atoms with E-state index in [0.29, 0.717) is 0 Å². The van der Waals surface area contributed by atoms with Crippen molar-refractivity contribution in [3.63, 3.8) is 0 Å². The Morgan fingerprint density at radius 3 is 1.11 bits per heavy atom. The van der Waals surface area contributed by atoms with E-state index in [1.54, 1.807) is 11.1 Å². The fraction of sp³-hybridized carbons (Fsp3) is 0.682. The molecule has 2 rings (SSSR count). The highest BCUT2D eigenvalue weighted by Crippen LogP contribution is 2.27. The van der Waals surface area contributed by atoms with E-state index >= 15 is 0 Å². The number of aliphatic imine (C=N–C) groups is 2. The first-order valence-corrected chi connectivity index (χ1v) is 20.0. The van der Waals surface area contributed by atoms with Crippen LogP contribution in [0.1, 0.15) is 192 Å². The highest BCUT2D eigenvalue weighted by Gasteiger charge is 2.13. The third-order valence-electron chi connectivity index (χ3n) is 9.47. The largest absolute Gasteiger partial charge is 0.252 e. The number of nitrogens with zero attached hydrogens (tertiary/aromatic N) is 2. The zero-order valence-electron chi connectivity index (χ0n) is 31.3. The first-order chi connectivity index (χ1) is 22.6. The summed E-state index contributed by atoms with van der Waals surface area (Å²) in [4.78, 5) is 10.9. The molecular weight excluding hydrogens is 556 g/mol. The molecule has 0 bridgehead atoms. The van der Waals surface area contributed by atoms with E-state index in [2.05, 4.69) is 77.9 Å². The van der Waals surface area contributed by atoms with Gasteiger partial charge in [-0.3, -0.25) is 9.98 Å². The molecule has 0 aliphatic rings. The summed E-state index contributed by atoms with van der Waals surface area (Å²) in [6.07, 6.45) is 29.5. The number of rotatable bonds is 27. The van der Waals surface area contributed by atoms with Crippen LogP contribution in [-0.4, -0.2) is 11.4 Å². The average Bonchev–Trinajstić information content (AvgIpc) is 3.06.